The van der Waals surface area contributed by atoms with Crippen LogP contribution in [0, 0.1) is 11.7 Å². The molecule has 4 aliphatic rings. The normalized spacial score (nSPS) is 25.8. The molecule has 0 saturated carbocycles. The number of anilines is 2. The zero-order valence-electron chi connectivity index (χ0n) is 26.1. The molecule has 0 radical (unpaired) electrons. The molecule has 0 amide bonds. The molecule has 14 heteroatoms. The number of pyridine rings is 1. The van der Waals surface area contributed by atoms with Gasteiger partial charge in [0.2, 0.25) is 0 Å². The van der Waals surface area contributed by atoms with E-state index in [2.05, 4.69) is 20.2 Å². The van der Waals surface area contributed by atoms with Gasteiger partial charge in [0.15, 0.2) is 9.84 Å². The SMILES string of the molecule is C[C@H]1Nc2ncnc3c2cc(N2CCS(=O)(=O)CC2)c(=O)n3CCCOCCCCN2CCC(CC2)C(F)(F)c2cccc1c2F. The molecule has 2 saturated heterocycles. The lowest BCUT2D eigenvalue weighted by Gasteiger charge is -2.36. The number of aryl methyl sites for hydroxylation is 1. The fraction of sp³-hybridized carbons (Fsp3) is 0.594. The van der Waals surface area contributed by atoms with Gasteiger partial charge in [-0.2, -0.15) is 0 Å². The zero-order chi connectivity index (χ0) is 32.5. The van der Waals surface area contributed by atoms with Crippen molar-refractivity contribution in [3.05, 3.63) is 57.9 Å². The Labute approximate surface area is 266 Å². The topological polar surface area (TPSA) is 110 Å². The highest BCUT2D eigenvalue weighted by atomic mass is 32.2. The minimum absolute atomic E-state index is 0.0649. The Balaban J connectivity index is 1.40. The lowest BCUT2D eigenvalue weighted by atomic mass is 9.85. The van der Waals surface area contributed by atoms with Gasteiger partial charge in [0.05, 0.1) is 28.5 Å². The summed E-state index contributed by atoms with van der Waals surface area (Å²) in [5.74, 6) is -5.05. The van der Waals surface area contributed by atoms with Crippen LogP contribution in [0.1, 0.15) is 56.2 Å². The summed E-state index contributed by atoms with van der Waals surface area (Å²) in [6.45, 7) is 5.20. The van der Waals surface area contributed by atoms with Gasteiger partial charge in [0.1, 0.15) is 29.3 Å². The molecule has 250 valence electrons. The maximum atomic E-state index is 16.0. The lowest BCUT2D eigenvalue weighted by Crippen LogP contribution is -2.43. The van der Waals surface area contributed by atoms with E-state index >= 15 is 13.2 Å². The first-order chi connectivity index (χ1) is 22.0. The third-order valence-electron chi connectivity index (χ3n) is 9.54. The Morgan fingerprint density at radius 2 is 1.72 bits per heavy atom. The summed E-state index contributed by atoms with van der Waals surface area (Å²) in [5, 5.41) is 3.67. The molecule has 6 heterocycles. The molecule has 3 aromatic rings. The first-order valence-electron chi connectivity index (χ1n) is 16.1. The van der Waals surface area contributed by atoms with E-state index < -0.39 is 39.1 Å². The number of ether oxygens (including phenoxy) is 1. The number of nitrogens with one attached hydrogen (secondary N) is 1. The Bertz CT molecular complexity index is 1710. The van der Waals surface area contributed by atoms with Crippen LogP contribution < -0.4 is 15.8 Å². The van der Waals surface area contributed by atoms with Gasteiger partial charge in [0, 0.05) is 44.3 Å². The molecule has 0 unspecified atom stereocenters. The largest absolute Gasteiger partial charge is 0.381 e. The van der Waals surface area contributed by atoms with E-state index in [1.165, 1.54) is 24.5 Å². The minimum Gasteiger partial charge on any atom is -0.381 e. The van der Waals surface area contributed by atoms with Crippen molar-refractivity contribution < 1.29 is 26.3 Å². The second-order valence-electron chi connectivity index (χ2n) is 12.6. The van der Waals surface area contributed by atoms with Crippen LogP contribution in [0.15, 0.2) is 35.4 Å². The summed E-state index contributed by atoms with van der Waals surface area (Å²) in [6, 6.07) is 5.02. The highest BCUT2D eigenvalue weighted by molar-refractivity contribution is 7.91. The molecule has 46 heavy (non-hydrogen) atoms. The van der Waals surface area contributed by atoms with Crippen molar-refractivity contribution in [3.8, 4) is 0 Å². The molecule has 8 bridgehead atoms. The molecule has 1 N–H and O–H groups in total. The van der Waals surface area contributed by atoms with Crippen molar-refractivity contribution in [2.45, 2.75) is 57.5 Å². The maximum absolute atomic E-state index is 16.0. The van der Waals surface area contributed by atoms with E-state index in [1.807, 2.05) is 0 Å². The van der Waals surface area contributed by atoms with Gasteiger partial charge >= 0.3 is 0 Å². The summed E-state index contributed by atoms with van der Waals surface area (Å²) in [7, 11) is -3.19. The van der Waals surface area contributed by atoms with Crippen LogP contribution in [0.2, 0.25) is 0 Å². The number of benzene rings is 1. The van der Waals surface area contributed by atoms with Gasteiger partial charge in [0.25, 0.3) is 11.5 Å². The highest BCUT2D eigenvalue weighted by Crippen LogP contribution is 2.43. The van der Waals surface area contributed by atoms with Crippen LogP contribution in [0.5, 0.6) is 0 Å². The quantitative estimate of drug-likeness (QED) is 0.407. The number of rotatable bonds is 1. The Morgan fingerprint density at radius 1 is 0.978 bits per heavy atom. The Kier molecular flexibility index (Phi) is 9.58. The van der Waals surface area contributed by atoms with Crippen LogP contribution in [0.4, 0.5) is 24.7 Å². The molecule has 0 aliphatic carbocycles. The van der Waals surface area contributed by atoms with Crippen molar-refractivity contribution in [1.29, 1.82) is 0 Å². The van der Waals surface area contributed by atoms with Crippen LogP contribution in [-0.2, 0) is 27.0 Å². The number of aromatic nitrogens is 3. The molecule has 7 rings (SSSR count). The number of sulfone groups is 1. The summed E-state index contributed by atoms with van der Waals surface area (Å²) < 4.78 is 79.4. The van der Waals surface area contributed by atoms with Crippen LogP contribution in [0.3, 0.4) is 0 Å². The Hall–Kier alpha value is -3.23. The first-order valence-corrected chi connectivity index (χ1v) is 17.9. The predicted octanol–water partition coefficient (Wildman–Crippen LogP) is 4.34. The molecule has 4 aliphatic heterocycles. The Morgan fingerprint density at radius 3 is 2.48 bits per heavy atom. The van der Waals surface area contributed by atoms with Crippen LogP contribution in [0.25, 0.3) is 11.0 Å². The number of halogens is 3. The summed E-state index contributed by atoms with van der Waals surface area (Å²) in [6.07, 6.45) is 4.14. The number of fused-ring (bicyclic) bond motifs is 10. The number of piperidine rings is 1. The first kappa shape index (κ1) is 32.7. The van der Waals surface area contributed by atoms with Gasteiger partial charge in [-0.3, -0.25) is 9.36 Å². The molecule has 2 fully saturated rings. The van der Waals surface area contributed by atoms with Gasteiger partial charge in [-0.25, -0.2) is 31.6 Å². The standard InChI is InChI=1S/C32H41F3N6O4S/c1-22-24-6-4-7-26(28(24)33)32(34,35)23-8-12-39(13-9-23)10-2-3-16-45-17-5-11-41-30-25(29(38-22)36-21-37-30)20-27(31(41)42)40-14-18-46(43,44)19-15-40/h4,6-7,20-23H,2-3,5,8-19H2,1H3,(H,36,37,38)/t22-/m1/s1. The zero-order valence-corrected chi connectivity index (χ0v) is 26.9. The molecule has 1 atom stereocenters. The lowest BCUT2D eigenvalue weighted by molar-refractivity contribution is -0.0880. The van der Waals surface area contributed by atoms with Crippen molar-refractivity contribution in [1.82, 2.24) is 19.4 Å². The third kappa shape index (κ3) is 6.75. The van der Waals surface area contributed by atoms with E-state index in [9.17, 15) is 13.2 Å². The molecule has 10 nitrogen and oxygen atoms in total. The van der Waals surface area contributed by atoms with E-state index in [4.69, 9.17) is 4.74 Å². The number of nitrogens with zero attached hydrogens (tertiary/aromatic N) is 5. The number of alkyl halides is 2. The molecule has 1 aromatic carbocycles. The fourth-order valence-electron chi connectivity index (χ4n) is 6.80. The number of hydrogen-bond donors (Lipinski definition) is 1. The molecule has 2 aromatic heterocycles. The van der Waals surface area contributed by atoms with Gasteiger partial charge in [-0.15, -0.1) is 0 Å². The third-order valence-corrected chi connectivity index (χ3v) is 11.1. The fourth-order valence-corrected chi connectivity index (χ4v) is 8.00. The second kappa shape index (κ2) is 13.5. The van der Waals surface area contributed by atoms with E-state index in [0.29, 0.717) is 74.6 Å². The maximum Gasteiger partial charge on any atom is 0.278 e. The monoisotopic (exact) mass is 662 g/mol. The highest BCUT2D eigenvalue weighted by Gasteiger charge is 2.45. The van der Waals surface area contributed by atoms with E-state index in [1.54, 1.807) is 22.5 Å². The second-order valence-corrected chi connectivity index (χ2v) is 14.9. The van der Waals surface area contributed by atoms with Crippen LogP contribution in [-0.4, -0.2) is 85.3 Å². The molecular formula is C32H41F3N6O4S. The predicted molar refractivity (Wildman–Crippen MR) is 171 cm³/mol. The molecular weight excluding hydrogens is 621 g/mol. The van der Waals surface area contributed by atoms with Gasteiger partial charge < -0.3 is 19.9 Å². The van der Waals surface area contributed by atoms with Crippen molar-refractivity contribution in [2.75, 3.05) is 67.7 Å². The minimum atomic E-state index is -3.33. The van der Waals surface area contributed by atoms with Crippen molar-refractivity contribution >= 4 is 32.4 Å². The van der Waals surface area contributed by atoms with Gasteiger partial charge in [-0.1, -0.05) is 18.2 Å². The van der Waals surface area contributed by atoms with Crippen molar-refractivity contribution in [3.63, 3.8) is 0 Å². The van der Waals surface area contributed by atoms with E-state index in [0.717, 1.165) is 19.4 Å². The van der Waals surface area contributed by atoms with Crippen LogP contribution >= 0.6 is 0 Å². The average Bonchev–Trinajstić information content (AvgIpc) is 3.03. The van der Waals surface area contributed by atoms with E-state index in [-0.39, 0.29) is 35.7 Å². The smallest absolute Gasteiger partial charge is 0.278 e. The summed E-state index contributed by atoms with van der Waals surface area (Å²) in [4.78, 5) is 26.6. The number of hydrogen-bond acceptors (Lipinski definition) is 9. The summed E-state index contributed by atoms with van der Waals surface area (Å²) in [5.41, 5.74) is -0.142. The molecule has 0 spiro atoms. The average molecular weight is 663 g/mol. The summed E-state index contributed by atoms with van der Waals surface area (Å²) >= 11 is 0. The van der Waals surface area contributed by atoms with Crippen molar-refractivity contribution in [2.24, 2.45) is 5.92 Å². The van der Waals surface area contributed by atoms with Gasteiger partial charge in [-0.05, 0) is 64.7 Å².